The molecule has 0 spiro atoms. The van der Waals surface area contributed by atoms with Crippen LogP contribution in [0, 0.1) is 5.92 Å². The molecule has 1 N–H and O–H groups in total. The van der Waals surface area contributed by atoms with E-state index in [9.17, 15) is 22.6 Å². The molecule has 0 fully saturated rings. The van der Waals surface area contributed by atoms with Gasteiger partial charge in [0.2, 0.25) is 0 Å². The highest BCUT2D eigenvalue weighted by atomic mass is 31.2. The zero-order chi connectivity index (χ0) is 27.9. The summed E-state index contributed by atoms with van der Waals surface area (Å²) >= 11 is 0. The van der Waals surface area contributed by atoms with Gasteiger partial charge in [-0.15, -0.1) is 0 Å². The molecule has 1 aromatic rings. The lowest BCUT2D eigenvalue weighted by Crippen LogP contribution is -2.35. The van der Waals surface area contributed by atoms with Crippen LogP contribution >= 0.6 is 7.82 Å². The number of hydrogen-bond donors (Lipinski definition) is 1. The summed E-state index contributed by atoms with van der Waals surface area (Å²) in [6.07, 6.45) is -0.390. The molecule has 1 aliphatic heterocycles. The largest absolute Gasteiger partial charge is 0.493 e. The van der Waals surface area contributed by atoms with Crippen molar-refractivity contribution in [1.82, 2.24) is 0 Å². The summed E-state index contributed by atoms with van der Waals surface area (Å²) in [5, 5.41) is 0. The monoisotopic (exact) mass is 551 g/mol. The van der Waals surface area contributed by atoms with Crippen LogP contribution < -0.4 is 4.74 Å². The third-order valence-electron chi connectivity index (χ3n) is 5.74. The summed E-state index contributed by atoms with van der Waals surface area (Å²) < 4.78 is 75.0. The number of benzene rings is 1. The van der Waals surface area contributed by atoms with E-state index in [2.05, 4.69) is 18.8 Å². The van der Waals surface area contributed by atoms with Gasteiger partial charge in [0.25, 0.3) is 0 Å². The Balaban J connectivity index is 2.06. The number of nitrogens with zero attached hydrogens (tertiary/aromatic N) is 1. The van der Waals surface area contributed by atoms with Gasteiger partial charge >= 0.3 is 14.0 Å². The third-order valence-corrected chi connectivity index (χ3v) is 6.98. The number of phosphoric ester groups is 1. The molecule has 0 saturated carbocycles. The summed E-state index contributed by atoms with van der Waals surface area (Å²) in [6, 6.07) is 4.05. The van der Waals surface area contributed by atoms with Crippen molar-refractivity contribution >= 4 is 13.7 Å². The average Bonchev–Trinajstić information content (AvgIpc) is 3.12. The predicted octanol–water partition coefficient (Wildman–Crippen LogP) is 7.35. The van der Waals surface area contributed by atoms with E-state index in [1.165, 1.54) is 6.07 Å². The summed E-state index contributed by atoms with van der Waals surface area (Å²) in [6.45, 7) is 10.8. The minimum Gasteiger partial charge on any atom is -0.493 e. The highest BCUT2D eigenvalue weighted by Gasteiger charge is 2.40. The number of phosphoric acid groups is 1. The van der Waals surface area contributed by atoms with Crippen LogP contribution in [0.5, 0.6) is 5.75 Å². The number of alkyl halides is 3. The molecular formula is C26H41F3NO6P. The molecule has 1 heterocycles. The molecule has 0 radical (unpaired) electrons. The summed E-state index contributed by atoms with van der Waals surface area (Å²) in [7, 11) is -4.37. The van der Waals surface area contributed by atoms with Crippen molar-refractivity contribution < 1.29 is 41.2 Å². The Labute approximate surface area is 218 Å². The highest BCUT2D eigenvalue weighted by Crippen LogP contribution is 2.48. The Kier molecular flexibility index (Phi) is 11.1. The van der Waals surface area contributed by atoms with Gasteiger partial charge in [-0.3, -0.25) is 9.05 Å². The Morgan fingerprint density at radius 1 is 1.19 bits per heavy atom. The van der Waals surface area contributed by atoms with Gasteiger partial charge in [0.05, 0.1) is 24.4 Å². The second-order valence-electron chi connectivity index (χ2n) is 11.0. The standard InChI is InChI=1S/C26H41F3NO6P/c1-19(2)10-8-7-9-15-33-23-12-11-21(16-22(23)26(27,28)29)13-14-25(17-34-20(3)30-25)18-35-37(31,32)36-24(4,5)6/h11-12,16,19H,7-10,13-15,17-18H2,1-6H3,(H,31,32). The van der Waals surface area contributed by atoms with E-state index in [1.54, 1.807) is 33.8 Å². The average molecular weight is 552 g/mol. The predicted molar refractivity (Wildman–Crippen MR) is 137 cm³/mol. The number of unbranched alkanes of at least 4 members (excludes halogenated alkanes) is 2. The molecule has 1 aliphatic rings. The fraction of sp³-hybridized carbons (Fsp3) is 0.731. The number of hydrogen-bond acceptors (Lipinski definition) is 6. The highest BCUT2D eigenvalue weighted by molar-refractivity contribution is 7.47. The SMILES string of the molecule is CC1=NC(CCc2ccc(OCCCCCC(C)C)c(C(F)(F)F)c2)(COP(=O)(O)OC(C)(C)C)CO1. The van der Waals surface area contributed by atoms with Crippen molar-refractivity contribution in [2.24, 2.45) is 10.9 Å². The Morgan fingerprint density at radius 3 is 2.46 bits per heavy atom. The summed E-state index contributed by atoms with van der Waals surface area (Å²) in [4.78, 5) is 14.5. The van der Waals surface area contributed by atoms with Crippen molar-refractivity contribution in [3.63, 3.8) is 0 Å². The molecule has 0 bridgehead atoms. The van der Waals surface area contributed by atoms with E-state index in [0.717, 1.165) is 25.3 Å². The van der Waals surface area contributed by atoms with Gasteiger partial charge in [0, 0.05) is 6.92 Å². The van der Waals surface area contributed by atoms with Gasteiger partial charge in [-0.05, 0) is 63.6 Å². The minimum atomic E-state index is -4.57. The van der Waals surface area contributed by atoms with Gasteiger partial charge < -0.3 is 14.4 Å². The normalized spacial score (nSPS) is 20.0. The van der Waals surface area contributed by atoms with Gasteiger partial charge in [-0.2, -0.15) is 13.2 Å². The van der Waals surface area contributed by atoms with Gasteiger partial charge in [0.15, 0.2) is 5.90 Å². The first-order chi connectivity index (χ1) is 17.0. The smallest absolute Gasteiger partial charge is 0.472 e. The fourth-order valence-corrected chi connectivity index (χ4v) is 5.10. The lowest BCUT2D eigenvalue weighted by molar-refractivity contribution is -0.139. The maximum atomic E-state index is 13.8. The van der Waals surface area contributed by atoms with Crippen LogP contribution in [0.3, 0.4) is 0 Å². The molecule has 0 aromatic heterocycles. The van der Waals surface area contributed by atoms with Gasteiger partial charge in [-0.1, -0.05) is 39.2 Å². The quantitative estimate of drug-likeness (QED) is 0.192. The number of aryl methyl sites for hydroxylation is 1. The van der Waals surface area contributed by atoms with Crippen LogP contribution in [-0.4, -0.2) is 41.8 Å². The molecule has 0 saturated heterocycles. The van der Waals surface area contributed by atoms with Crippen molar-refractivity contribution in [2.75, 3.05) is 19.8 Å². The lowest BCUT2D eigenvalue weighted by Gasteiger charge is -2.27. The Bertz CT molecular complexity index is 961. The van der Waals surface area contributed by atoms with Crippen LogP contribution in [0.2, 0.25) is 0 Å². The first-order valence-corrected chi connectivity index (χ1v) is 14.2. The van der Waals surface area contributed by atoms with E-state index in [4.69, 9.17) is 18.5 Å². The summed E-state index contributed by atoms with van der Waals surface area (Å²) in [5.74, 6) is 0.796. The lowest BCUT2D eigenvalue weighted by atomic mass is 9.93. The summed E-state index contributed by atoms with van der Waals surface area (Å²) in [5.41, 5.74) is -2.31. The fourth-order valence-electron chi connectivity index (χ4n) is 3.96. The third kappa shape index (κ3) is 11.3. The molecular weight excluding hydrogens is 510 g/mol. The number of halogens is 3. The second kappa shape index (κ2) is 13.0. The maximum absolute atomic E-state index is 13.8. The molecule has 11 heteroatoms. The topological polar surface area (TPSA) is 86.6 Å². The zero-order valence-electron chi connectivity index (χ0n) is 22.7. The van der Waals surface area contributed by atoms with E-state index < -0.39 is 30.7 Å². The first kappa shape index (κ1) is 31.6. The van der Waals surface area contributed by atoms with E-state index >= 15 is 0 Å². The van der Waals surface area contributed by atoms with Gasteiger partial charge in [-0.25, -0.2) is 9.56 Å². The van der Waals surface area contributed by atoms with Crippen LogP contribution in [0.15, 0.2) is 23.2 Å². The molecule has 0 amide bonds. The minimum absolute atomic E-state index is 0.0818. The molecule has 2 unspecified atom stereocenters. The van der Waals surface area contributed by atoms with Crippen molar-refractivity contribution in [3.8, 4) is 5.75 Å². The van der Waals surface area contributed by atoms with Crippen molar-refractivity contribution in [2.45, 2.75) is 97.4 Å². The number of ether oxygens (including phenoxy) is 2. The Hall–Kier alpha value is -1.61. The Morgan fingerprint density at radius 2 is 1.89 bits per heavy atom. The van der Waals surface area contributed by atoms with Crippen LogP contribution in [0.4, 0.5) is 13.2 Å². The zero-order valence-corrected chi connectivity index (χ0v) is 23.6. The van der Waals surface area contributed by atoms with Crippen LogP contribution in [0.1, 0.15) is 84.8 Å². The van der Waals surface area contributed by atoms with Gasteiger partial charge in [0.1, 0.15) is 17.9 Å². The van der Waals surface area contributed by atoms with Crippen LogP contribution in [0.25, 0.3) is 0 Å². The molecule has 2 atom stereocenters. The molecule has 212 valence electrons. The molecule has 2 rings (SSSR count). The molecule has 1 aromatic carbocycles. The van der Waals surface area contributed by atoms with E-state index in [-0.39, 0.29) is 38.4 Å². The molecule has 7 nitrogen and oxygen atoms in total. The maximum Gasteiger partial charge on any atom is 0.472 e. The van der Waals surface area contributed by atoms with Crippen LogP contribution in [-0.2, 0) is 30.9 Å². The first-order valence-electron chi connectivity index (χ1n) is 12.7. The number of rotatable bonds is 14. The molecule has 0 aliphatic carbocycles. The molecule has 37 heavy (non-hydrogen) atoms. The van der Waals surface area contributed by atoms with Crippen molar-refractivity contribution in [3.05, 3.63) is 29.3 Å². The van der Waals surface area contributed by atoms with Crippen molar-refractivity contribution in [1.29, 1.82) is 0 Å². The van der Waals surface area contributed by atoms with E-state index in [1.807, 2.05) is 0 Å². The second-order valence-corrected chi connectivity index (χ2v) is 12.4. The van der Waals surface area contributed by atoms with E-state index in [0.29, 0.717) is 23.8 Å². The number of aliphatic imine (C=N–C) groups is 1.